The molecule has 0 spiro atoms. The van der Waals surface area contributed by atoms with Gasteiger partial charge in [-0.3, -0.25) is 4.79 Å². The van der Waals surface area contributed by atoms with E-state index in [4.69, 9.17) is 9.47 Å². The van der Waals surface area contributed by atoms with Crippen LogP contribution in [0.5, 0.6) is 5.75 Å². The standard InChI is InChI=1S/C24H22F3N3O4/c1-2-33-23(32)19-13-29-30(21(19)24(25,26)27)18-9-7-16(8-10-18)22(31)28-12-15-11-17-5-3-4-6-20(17)34-14-15/h3-10,13,15H,2,11-12,14H2,1H3,(H,28,31). The largest absolute Gasteiger partial charge is 0.493 e. The van der Waals surface area contributed by atoms with Gasteiger partial charge in [0.1, 0.15) is 11.3 Å². The highest BCUT2D eigenvalue weighted by molar-refractivity contribution is 5.94. The summed E-state index contributed by atoms with van der Waals surface area (Å²) in [6, 6.07) is 13.2. The second-order valence-electron chi connectivity index (χ2n) is 7.78. The lowest BCUT2D eigenvalue weighted by atomic mass is 9.96. The second kappa shape index (κ2) is 9.58. The molecular weight excluding hydrogens is 451 g/mol. The van der Waals surface area contributed by atoms with Gasteiger partial charge in [0.05, 0.1) is 25.1 Å². The smallest absolute Gasteiger partial charge is 0.434 e. The quantitative estimate of drug-likeness (QED) is 0.547. The van der Waals surface area contributed by atoms with E-state index in [1.165, 1.54) is 31.2 Å². The predicted octanol–water partition coefficient (Wildman–Crippen LogP) is 4.05. The molecular formula is C24H22F3N3O4. The lowest BCUT2D eigenvalue weighted by Crippen LogP contribution is -2.34. The number of hydrogen-bond acceptors (Lipinski definition) is 5. The van der Waals surface area contributed by atoms with Crippen LogP contribution in [0.15, 0.2) is 54.7 Å². The first-order valence-corrected chi connectivity index (χ1v) is 10.7. The second-order valence-corrected chi connectivity index (χ2v) is 7.78. The summed E-state index contributed by atoms with van der Waals surface area (Å²) in [6.45, 7) is 2.32. The summed E-state index contributed by atoms with van der Waals surface area (Å²) in [7, 11) is 0. The van der Waals surface area contributed by atoms with Crippen LogP contribution in [0.4, 0.5) is 13.2 Å². The van der Waals surface area contributed by atoms with E-state index in [1.807, 2.05) is 24.3 Å². The Labute approximate surface area is 193 Å². The first-order chi connectivity index (χ1) is 16.3. The molecule has 1 amide bonds. The fourth-order valence-electron chi connectivity index (χ4n) is 3.79. The van der Waals surface area contributed by atoms with E-state index in [0.717, 1.165) is 23.9 Å². The van der Waals surface area contributed by atoms with Crippen LogP contribution in [0, 0.1) is 5.92 Å². The van der Waals surface area contributed by atoms with E-state index in [0.29, 0.717) is 17.8 Å². The molecule has 2 aromatic carbocycles. The van der Waals surface area contributed by atoms with Gasteiger partial charge in [-0.1, -0.05) is 18.2 Å². The van der Waals surface area contributed by atoms with Gasteiger partial charge < -0.3 is 14.8 Å². The normalized spacial score (nSPS) is 15.2. The van der Waals surface area contributed by atoms with E-state index < -0.39 is 23.4 Å². The lowest BCUT2D eigenvalue weighted by Gasteiger charge is -2.25. The number of benzene rings is 2. The number of hydrogen-bond donors (Lipinski definition) is 1. The monoisotopic (exact) mass is 473 g/mol. The Morgan fingerprint density at radius 2 is 1.91 bits per heavy atom. The van der Waals surface area contributed by atoms with Gasteiger partial charge in [-0.25, -0.2) is 9.48 Å². The number of esters is 1. The SMILES string of the molecule is CCOC(=O)c1cnn(-c2ccc(C(=O)NCC3COc4ccccc4C3)cc2)c1C(F)(F)F. The number of nitrogens with zero attached hydrogens (tertiary/aromatic N) is 2. The average molecular weight is 473 g/mol. The predicted molar refractivity (Wildman–Crippen MR) is 116 cm³/mol. The average Bonchev–Trinajstić information content (AvgIpc) is 3.29. The number of carbonyl (C=O) groups excluding carboxylic acids is 2. The van der Waals surface area contributed by atoms with Gasteiger partial charge in [0, 0.05) is 18.0 Å². The van der Waals surface area contributed by atoms with Crippen molar-refractivity contribution in [3.05, 3.63) is 77.1 Å². The van der Waals surface area contributed by atoms with Gasteiger partial charge in [0.25, 0.3) is 5.91 Å². The summed E-state index contributed by atoms with van der Waals surface area (Å²) in [5, 5.41) is 6.57. The van der Waals surface area contributed by atoms with E-state index >= 15 is 0 Å². The molecule has 0 bridgehead atoms. The lowest BCUT2D eigenvalue weighted by molar-refractivity contribution is -0.143. The van der Waals surface area contributed by atoms with Crippen LogP contribution in [0.3, 0.4) is 0 Å². The fraction of sp³-hybridized carbons (Fsp3) is 0.292. The molecule has 0 radical (unpaired) electrons. The molecule has 1 N–H and O–H groups in total. The summed E-state index contributed by atoms with van der Waals surface area (Å²) < 4.78 is 52.0. The molecule has 0 aliphatic carbocycles. The number of amides is 1. The van der Waals surface area contributed by atoms with E-state index in [2.05, 4.69) is 10.4 Å². The maximum absolute atomic E-state index is 13.7. The molecule has 1 unspecified atom stereocenters. The van der Waals surface area contributed by atoms with Crippen LogP contribution in [0.25, 0.3) is 5.69 Å². The van der Waals surface area contributed by atoms with Crippen molar-refractivity contribution in [1.29, 1.82) is 0 Å². The van der Waals surface area contributed by atoms with Crippen LogP contribution in [0.1, 0.15) is 38.9 Å². The molecule has 0 saturated carbocycles. The number of fused-ring (bicyclic) bond motifs is 1. The molecule has 1 aliphatic heterocycles. The molecule has 1 atom stereocenters. The number of aromatic nitrogens is 2. The Morgan fingerprint density at radius 3 is 2.62 bits per heavy atom. The molecule has 4 rings (SSSR count). The number of para-hydroxylation sites is 1. The minimum atomic E-state index is -4.84. The van der Waals surface area contributed by atoms with E-state index in [9.17, 15) is 22.8 Å². The molecule has 0 fully saturated rings. The van der Waals surface area contributed by atoms with Gasteiger partial charge in [0.15, 0.2) is 5.69 Å². The molecule has 2 heterocycles. The van der Waals surface area contributed by atoms with Crippen molar-refractivity contribution in [2.45, 2.75) is 19.5 Å². The topological polar surface area (TPSA) is 82.5 Å². The van der Waals surface area contributed by atoms with Crippen molar-refractivity contribution in [3.8, 4) is 11.4 Å². The van der Waals surface area contributed by atoms with Crippen molar-refractivity contribution in [2.75, 3.05) is 19.8 Å². The molecule has 7 nitrogen and oxygen atoms in total. The Hall–Kier alpha value is -3.82. The number of alkyl halides is 3. The maximum atomic E-state index is 13.7. The third-order valence-corrected chi connectivity index (χ3v) is 5.41. The van der Waals surface area contributed by atoms with Crippen LogP contribution in [0.2, 0.25) is 0 Å². The first kappa shape index (κ1) is 23.3. The van der Waals surface area contributed by atoms with Crippen molar-refractivity contribution in [1.82, 2.24) is 15.1 Å². The molecule has 178 valence electrons. The van der Waals surface area contributed by atoms with Crippen molar-refractivity contribution >= 4 is 11.9 Å². The van der Waals surface area contributed by atoms with Crippen molar-refractivity contribution < 1.29 is 32.2 Å². The number of rotatable bonds is 6. The Morgan fingerprint density at radius 1 is 1.18 bits per heavy atom. The minimum absolute atomic E-state index is 0.0525. The van der Waals surface area contributed by atoms with E-state index in [1.54, 1.807) is 0 Å². The number of carbonyl (C=O) groups is 2. The Kier molecular flexibility index (Phi) is 6.58. The molecule has 1 aliphatic rings. The zero-order valence-electron chi connectivity index (χ0n) is 18.3. The highest BCUT2D eigenvalue weighted by atomic mass is 19.4. The van der Waals surface area contributed by atoms with Gasteiger partial charge in [-0.2, -0.15) is 18.3 Å². The molecule has 3 aromatic rings. The third-order valence-electron chi connectivity index (χ3n) is 5.41. The van der Waals surface area contributed by atoms with Crippen molar-refractivity contribution in [2.24, 2.45) is 5.92 Å². The Bertz CT molecular complexity index is 1190. The third kappa shape index (κ3) is 4.90. The highest BCUT2D eigenvalue weighted by Gasteiger charge is 2.41. The zero-order chi connectivity index (χ0) is 24.3. The fourth-order valence-corrected chi connectivity index (χ4v) is 3.79. The molecule has 34 heavy (non-hydrogen) atoms. The van der Waals surface area contributed by atoms with E-state index in [-0.39, 0.29) is 29.7 Å². The first-order valence-electron chi connectivity index (χ1n) is 10.7. The van der Waals surface area contributed by atoms with Crippen LogP contribution in [-0.2, 0) is 17.3 Å². The van der Waals surface area contributed by atoms with Crippen LogP contribution >= 0.6 is 0 Å². The van der Waals surface area contributed by atoms with Gasteiger partial charge in [-0.15, -0.1) is 0 Å². The van der Waals surface area contributed by atoms with Crippen molar-refractivity contribution in [3.63, 3.8) is 0 Å². The molecule has 0 saturated heterocycles. The summed E-state index contributed by atoms with van der Waals surface area (Å²) in [6.07, 6.45) is -3.24. The minimum Gasteiger partial charge on any atom is -0.493 e. The summed E-state index contributed by atoms with van der Waals surface area (Å²) >= 11 is 0. The van der Waals surface area contributed by atoms with Crippen LogP contribution < -0.4 is 10.1 Å². The number of nitrogens with one attached hydrogen (secondary N) is 1. The maximum Gasteiger partial charge on any atom is 0.434 e. The van der Waals surface area contributed by atoms with Gasteiger partial charge in [0.2, 0.25) is 0 Å². The number of ether oxygens (including phenoxy) is 2. The molecule has 10 heteroatoms. The summed E-state index contributed by atoms with van der Waals surface area (Å²) in [4.78, 5) is 24.5. The summed E-state index contributed by atoms with van der Waals surface area (Å²) in [5.74, 6) is -0.498. The Balaban J connectivity index is 1.45. The van der Waals surface area contributed by atoms with Gasteiger partial charge in [-0.05, 0) is 49.2 Å². The van der Waals surface area contributed by atoms with Gasteiger partial charge >= 0.3 is 12.1 Å². The zero-order valence-corrected chi connectivity index (χ0v) is 18.3. The molecule has 1 aromatic heterocycles. The highest BCUT2D eigenvalue weighted by Crippen LogP contribution is 2.34. The number of halogens is 3. The van der Waals surface area contributed by atoms with Crippen LogP contribution in [-0.4, -0.2) is 41.4 Å². The summed E-state index contributed by atoms with van der Waals surface area (Å²) in [5.41, 5.74) is -0.490.